The van der Waals surface area contributed by atoms with Crippen LogP contribution in [0.15, 0.2) is 60.2 Å². The molecular formula is C24H20N2O4S. The zero-order valence-corrected chi connectivity index (χ0v) is 17.9. The van der Waals surface area contributed by atoms with Gasteiger partial charge in [-0.05, 0) is 30.5 Å². The molecule has 0 aliphatic carbocycles. The molecule has 0 unspecified atom stereocenters. The van der Waals surface area contributed by atoms with Gasteiger partial charge in [0.1, 0.15) is 17.4 Å². The van der Waals surface area contributed by atoms with Gasteiger partial charge in [0.2, 0.25) is 0 Å². The van der Waals surface area contributed by atoms with E-state index < -0.39 is 5.97 Å². The van der Waals surface area contributed by atoms with E-state index in [1.165, 1.54) is 11.8 Å². The van der Waals surface area contributed by atoms with Gasteiger partial charge in [-0.1, -0.05) is 18.2 Å². The molecule has 31 heavy (non-hydrogen) atoms. The summed E-state index contributed by atoms with van der Waals surface area (Å²) < 4.78 is 18.7. The number of methoxy groups -OCH3 is 1. The highest BCUT2D eigenvalue weighted by molar-refractivity contribution is 7.17. The molecule has 0 bridgehead atoms. The van der Waals surface area contributed by atoms with Crippen molar-refractivity contribution in [3.8, 4) is 28.6 Å². The van der Waals surface area contributed by atoms with Gasteiger partial charge in [-0.3, -0.25) is 0 Å². The molecule has 0 aliphatic heterocycles. The number of nitrogens with zero attached hydrogens (tertiary/aromatic N) is 2. The van der Waals surface area contributed by atoms with Crippen molar-refractivity contribution in [2.24, 2.45) is 0 Å². The number of hydrogen-bond donors (Lipinski definition) is 0. The van der Waals surface area contributed by atoms with Crippen LogP contribution in [0.25, 0.3) is 26.9 Å². The van der Waals surface area contributed by atoms with Gasteiger partial charge in [0.15, 0.2) is 6.79 Å². The lowest BCUT2D eigenvalue weighted by Gasteiger charge is -2.12. The van der Waals surface area contributed by atoms with Gasteiger partial charge in [0.25, 0.3) is 0 Å². The molecule has 0 fully saturated rings. The number of thiophene rings is 1. The standard InChI is InChI=1S/C24H20N2O4S/c1-3-29-24(27)19-9-8-17(10-22(19)30-15-28-2)26-12-16(11-25)20(13-26)21-14-31-23-7-5-4-6-18(21)23/h4-10,12-14H,3,15H2,1-2H3. The number of hydrogen-bond acceptors (Lipinski definition) is 6. The van der Waals surface area contributed by atoms with Crippen LogP contribution < -0.4 is 4.74 Å². The van der Waals surface area contributed by atoms with Crippen molar-refractivity contribution in [1.82, 2.24) is 4.57 Å². The molecule has 0 amide bonds. The summed E-state index contributed by atoms with van der Waals surface area (Å²) in [6.07, 6.45) is 3.70. The van der Waals surface area contributed by atoms with Gasteiger partial charge < -0.3 is 18.8 Å². The van der Waals surface area contributed by atoms with E-state index >= 15 is 0 Å². The number of aromatic nitrogens is 1. The number of nitriles is 1. The average molecular weight is 433 g/mol. The van der Waals surface area contributed by atoms with Gasteiger partial charge >= 0.3 is 5.97 Å². The zero-order valence-electron chi connectivity index (χ0n) is 17.1. The van der Waals surface area contributed by atoms with Crippen LogP contribution in [0.2, 0.25) is 0 Å². The summed E-state index contributed by atoms with van der Waals surface area (Å²) in [5.74, 6) is -0.108. The Morgan fingerprint density at radius 2 is 2.00 bits per heavy atom. The van der Waals surface area contributed by atoms with E-state index in [0.717, 1.165) is 22.2 Å². The molecule has 6 nitrogen and oxygen atoms in total. The summed E-state index contributed by atoms with van der Waals surface area (Å²) in [6.45, 7) is 2.02. The summed E-state index contributed by atoms with van der Waals surface area (Å²) in [5, 5.41) is 12.9. The third kappa shape index (κ3) is 4.04. The molecule has 7 heteroatoms. The van der Waals surface area contributed by atoms with Crippen molar-refractivity contribution in [2.75, 3.05) is 20.5 Å². The summed E-state index contributed by atoms with van der Waals surface area (Å²) in [6, 6.07) is 15.6. The van der Waals surface area contributed by atoms with Crippen molar-refractivity contribution in [1.29, 1.82) is 5.26 Å². The SMILES string of the molecule is CCOC(=O)c1ccc(-n2cc(C#N)c(-c3csc4ccccc34)c2)cc1OCOC. The third-order valence-electron chi connectivity index (χ3n) is 4.81. The lowest BCUT2D eigenvalue weighted by molar-refractivity contribution is 0.0438. The van der Waals surface area contributed by atoms with Crippen LogP contribution in [0, 0.1) is 11.3 Å². The maximum absolute atomic E-state index is 12.3. The Hall–Kier alpha value is -3.60. The smallest absolute Gasteiger partial charge is 0.341 e. The van der Waals surface area contributed by atoms with Gasteiger partial charge in [-0.2, -0.15) is 5.26 Å². The number of fused-ring (bicyclic) bond motifs is 1. The average Bonchev–Trinajstić information content (AvgIpc) is 3.41. The Kier molecular flexibility index (Phi) is 6.03. The number of carbonyl (C=O) groups is 1. The topological polar surface area (TPSA) is 73.5 Å². The lowest BCUT2D eigenvalue weighted by atomic mass is 10.0. The van der Waals surface area contributed by atoms with E-state index in [2.05, 4.69) is 23.6 Å². The summed E-state index contributed by atoms with van der Waals surface area (Å²) in [7, 11) is 1.51. The number of benzene rings is 2. The van der Waals surface area contributed by atoms with Gasteiger partial charge in [-0.15, -0.1) is 11.3 Å². The van der Waals surface area contributed by atoms with Crippen LogP contribution in [-0.4, -0.2) is 31.0 Å². The van der Waals surface area contributed by atoms with Gasteiger partial charge in [0, 0.05) is 52.5 Å². The largest absolute Gasteiger partial charge is 0.467 e. The number of rotatable bonds is 7. The molecule has 4 rings (SSSR count). The first-order chi connectivity index (χ1) is 15.2. The highest BCUT2D eigenvalue weighted by Crippen LogP contribution is 2.36. The van der Waals surface area contributed by atoms with Gasteiger partial charge in [-0.25, -0.2) is 4.79 Å². The minimum absolute atomic E-state index is 0.00285. The van der Waals surface area contributed by atoms with Crippen LogP contribution >= 0.6 is 11.3 Å². The first-order valence-corrected chi connectivity index (χ1v) is 10.6. The Morgan fingerprint density at radius 1 is 1.16 bits per heavy atom. The van der Waals surface area contributed by atoms with E-state index in [4.69, 9.17) is 14.2 Å². The minimum Gasteiger partial charge on any atom is -0.467 e. The van der Waals surface area contributed by atoms with E-state index in [9.17, 15) is 10.1 Å². The van der Waals surface area contributed by atoms with Crippen molar-refractivity contribution >= 4 is 27.4 Å². The molecule has 0 aliphatic rings. The second kappa shape index (κ2) is 9.04. The fraction of sp³-hybridized carbons (Fsp3) is 0.167. The molecule has 0 atom stereocenters. The maximum atomic E-state index is 12.3. The molecule has 0 spiro atoms. The van der Waals surface area contributed by atoms with Crippen molar-refractivity contribution < 1.29 is 19.0 Å². The molecule has 4 aromatic rings. The molecule has 2 heterocycles. The highest BCUT2D eigenvalue weighted by Gasteiger charge is 2.18. The van der Waals surface area contributed by atoms with Crippen LogP contribution in [-0.2, 0) is 9.47 Å². The molecule has 0 saturated carbocycles. The van der Waals surface area contributed by atoms with Crippen molar-refractivity contribution in [3.05, 3.63) is 71.4 Å². The Balaban J connectivity index is 1.78. The Morgan fingerprint density at radius 3 is 2.77 bits per heavy atom. The summed E-state index contributed by atoms with van der Waals surface area (Å²) in [5.41, 5.74) is 3.52. The predicted molar refractivity (Wildman–Crippen MR) is 120 cm³/mol. The number of ether oxygens (including phenoxy) is 3. The fourth-order valence-electron chi connectivity index (χ4n) is 3.38. The summed E-state index contributed by atoms with van der Waals surface area (Å²) in [4.78, 5) is 12.3. The van der Waals surface area contributed by atoms with Crippen LogP contribution in [0.1, 0.15) is 22.8 Å². The van der Waals surface area contributed by atoms with E-state index in [1.54, 1.807) is 42.7 Å². The third-order valence-corrected chi connectivity index (χ3v) is 5.77. The summed E-state index contributed by atoms with van der Waals surface area (Å²) >= 11 is 1.65. The molecular weight excluding hydrogens is 412 g/mol. The molecule has 2 aromatic carbocycles. The monoisotopic (exact) mass is 432 g/mol. The fourth-order valence-corrected chi connectivity index (χ4v) is 4.35. The van der Waals surface area contributed by atoms with E-state index in [1.807, 2.05) is 22.9 Å². The Labute approximate surface area is 183 Å². The first-order valence-electron chi connectivity index (χ1n) is 9.68. The van der Waals surface area contributed by atoms with E-state index in [0.29, 0.717) is 16.9 Å². The zero-order chi connectivity index (χ0) is 21.8. The normalized spacial score (nSPS) is 10.7. The van der Waals surface area contributed by atoms with Crippen LogP contribution in [0.5, 0.6) is 5.75 Å². The van der Waals surface area contributed by atoms with Crippen LogP contribution in [0.4, 0.5) is 0 Å². The molecule has 0 saturated heterocycles. The number of carbonyl (C=O) groups excluding carboxylic acids is 1. The van der Waals surface area contributed by atoms with Crippen LogP contribution in [0.3, 0.4) is 0 Å². The predicted octanol–water partition coefficient (Wildman–Crippen LogP) is 5.39. The molecule has 0 N–H and O–H groups in total. The lowest BCUT2D eigenvalue weighted by Crippen LogP contribution is -2.10. The molecule has 2 aromatic heterocycles. The van der Waals surface area contributed by atoms with Crippen molar-refractivity contribution in [3.63, 3.8) is 0 Å². The number of esters is 1. The quantitative estimate of drug-likeness (QED) is 0.289. The minimum atomic E-state index is -0.462. The van der Waals surface area contributed by atoms with Crippen molar-refractivity contribution in [2.45, 2.75) is 6.92 Å². The maximum Gasteiger partial charge on any atom is 0.341 e. The second-order valence-electron chi connectivity index (χ2n) is 6.70. The first kappa shape index (κ1) is 20.7. The highest BCUT2D eigenvalue weighted by atomic mass is 32.1. The van der Waals surface area contributed by atoms with Gasteiger partial charge in [0.05, 0.1) is 12.2 Å². The second-order valence-corrected chi connectivity index (χ2v) is 7.61. The van der Waals surface area contributed by atoms with E-state index in [-0.39, 0.29) is 13.4 Å². The molecule has 156 valence electrons. The molecule has 0 radical (unpaired) electrons. The Bertz CT molecular complexity index is 1280.